The van der Waals surface area contributed by atoms with Gasteiger partial charge in [0.05, 0.1) is 18.4 Å². The molecule has 1 fully saturated rings. The molecule has 0 bridgehead atoms. The number of amides is 1. The number of hydrogen-bond donors (Lipinski definition) is 1. The SMILES string of the molecule is CN1CCC(C(=O)NCc2nnnn2-c2ccccc2)C(c2cnn(C)c2)C1. The zero-order chi connectivity index (χ0) is 19.5. The average Bonchev–Trinajstić information content (AvgIpc) is 3.35. The number of aryl methyl sites for hydroxylation is 1. The van der Waals surface area contributed by atoms with Crippen molar-refractivity contribution in [2.75, 3.05) is 20.1 Å². The van der Waals surface area contributed by atoms with Crippen molar-refractivity contribution in [3.63, 3.8) is 0 Å². The fourth-order valence-corrected chi connectivity index (χ4v) is 3.78. The van der Waals surface area contributed by atoms with Gasteiger partial charge < -0.3 is 10.2 Å². The van der Waals surface area contributed by atoms with Gasteiger partial charge in [0.1, 0.15) is 0 Å². The van der Waals surface area contributed by atoms with E-state index in [0.717, 1.165) is 30.8 Å². The van der Waals surface area contributed by atoms with E-state index in [-0.39, 0.29) is 24.3 Å². The van der Waals surface area contributed by atoms with Crippen LogP contribution in [0.1, 0.15) is 23.7 Å². The van der Waals surface area contributed by atoms with Gasteiger partial charge in [0.25, 0.3) is 0 Å². The number of nitrogens with one attached hydrogen (secondary N) is 1. The van der Waals surface area contributed by atoms with Crippen LogP contribution < -0.4 is 5.32 Å². The number of carbonyl (C=O) groups is 1. The van der Waals surface area contributed by atoms with Crippen LogP contribution >= 0.6 is 0 Å². The van der Waals surface area contributed by atoms with Gasteiger partial charge in [-0.2, -0.15) is 9.78 Å². The van der Waals surface area contributed by atoms with Gasteiger partial charge >= 0.3 is 0 Å². The van der Waals surface area contributed by atoms with Crippen molar-refractivity contribution in [1.29, 1.82) is 0 Å². The van der Waals surface area contributed by atoms with Crippen LogP contribution in [0.15, 0.2) is 42.7 Å². The summed E-state index contributed by atoms with van der Waals surface area (Å²) >= 11 is 0. The largest absolute Gasteiger partial charge is 0.348 e. The Kier molecular flexibility index (Phi) is 5.16. The first-order chi connectivity index (χ1) is 13.6. The number of piperidine rings is 1. The zero-order valence-corrected chi connectivity index (χ0v) is 16.1. The molecule has 0 aliphatic carbocycles. The maximum Gasteiger partial charge on any atom is 0.224 e. The molecule has 3 aromatic rings. The second kappa shape index (κ2) is 7.89. The fourth-order valence-electron chi connectivity index (χ4n) is 3.78. The van der Waals surface area contributed by atoms with Crippen molar-refractivity contribution in [3.05, 3.63) is 54.1 Å². The minimum Gasteiger partial charge on any atom is -0.348 e. The lowest BCUT2D eigenvalue weighted by atomic mass is 9.81. The molecule has 3 heterocycles. The molecule has 0 spiro atoms. The normalized spacial score (nSPS) is 20.2. The molecule has 1 N–H and O–H groups in total. The average molecular weight is 380 g/mol. The highest BCUT2D eigenvalue weighted by atomic mass is 16.1. The summed E-state index contributed by atoms with van der Waals surface area (Å²) in [5.74, 6) is 0.661. The number of likely N-dealkylation sites (tertiary alicyclic amines) is 1. The Hall–Kier alpha value is -3.07. The van der Waals surface area contributed by atoms with Crippen LogP contribution in [0, 0.1) is 5.92 Å². The molecule has 1 aliphatic rings. The molecule has 9 nitrogen and oxygen atoms in total. The summed E-state index contributed by atoms with van der Waals surface area (Å²) < 4.78 is 3.43. The van der Waals surface area contributed by atoms with Gasteiger partial charge in [-0.1, -0.05) is 18.2 Å². The molecule has 1 saturated heterocycles. The number of benzene rings is 1. The molecule has 28 heavy (non-hydrogen) atoms. The quantitative estimate of drug-likeness (QED) is 0.702. The lowest BCUT2D eigenvalue weighted by Crippen LogP contribution is -2.44. The molecule has 1 aromatic carbocycles. The van der Waals surface area contributed by atoms with Crippen LogP contribution in [0.25, 0.3) is 5.69 Å². The molecule has 146 valence electrons. The highest BCUT2D eigenvalue weighted by Crippen LogP contribution is 2.32. The Morgan fingerprint density at radius 2 is 2.07 bits per heavy atom. The van der Waals surface area contributed by atoms with Gasteiger partial charge in [0.15, 0.2) is 5.82 Å². The van der Waals surface area contributed by atoms with E-state index in [1.165, 1.54) is 0 Å². The number of likely N-dealkylation sites (N-methyl/N-ethyl adjacent to an activating group) is 1. The van der Waals surface area contributed by atoms with Crippen molar-refractivity contribution in [2.45, 2.75) is 18.9 Å². The molecule has 1 aliphatic heterocycles. The summed E-state index contributed by atoms with van der Waals surface area (Å²) in [5, 5.41) is 19.2. The molecule has 2 aromatic heterocycles. The Bertz CT molecular complexity index is 934. The van der Waals surface area contributed by atoms with Crippen LogP contribution in [0.4, 0.5) is 0 Å². The van der Waals surface area contributed by atoms with E-state index >= 15 is 0 Å². The van der Waals surface area contributed by atoms with E-state index in [9.17, 15) is 4.79 Å². The van der Waals surface area contributed by atoms with Crippen molar-refractivity contribution >= 4 is 5.91 Å². The van der Waals surface area contributed by atoms with E-state index in [1.807, 2.05) is 49.8 Å². The van der Waals surface area contributed by atoms with E-state index in [4.69, 9.17) is 0 Å². The Labute approximate surface area is 163 Å². The summed E-state index contributed by atoms with van der Waals surface area (Å²) in [6.07, 6.45) is 4.67. The Morgan fingerprint density at radius 3 is 2.82 bits per heavy atom. The number of carbonyl (C=O) groups excluding carboxylic acids is 1. The molecule has 2 unspecified atom stereocenters. The minimum absolute atomic E-state index is 0.0320. The maximum absolute atomic E-state index is 13.0. The van der Waals surface area contributed by atoms with Crippen LogP contribution in [-0.4, -0.2) is 60.9 Å². The minimum atomic E-state index is -0.0959. The molecule has 0 radical (unpaired) electrons. The summed E-state index contributed by atoms with van der Waals surface area (Å²) in [6, 6.07) is 9.65. The highest BCUT2D eigenvalue weighted by molar-refractivity contribution is 5.79. The van der Waals surface area contributed by atoms with E-state index in [1.54, 1.807) is 9.36 Å². The molecule has 0 saturated carbocycles. The number of tetrazole rings is 1. The van der Waals surface area contributed by atoms with Crippen molar-refractivity contribution in [2.24, 2.45) is 13.0 Å². The molecular weight excluding hydrogens is 356 g/mol. The summed E-state index contributed by atoms with van der Waals surface area (Å²) in [4.78, 5) is 15.3. The van der Waals surface area contributed by atoms with Crippen LogP contribution in [0.5, 0.6) is 0 Å². The third kappa shape index (κ3) is 3.79. The number of nitrogens with zero attached hydrogens (tertiary/aromatic N) is 7. The van der Waals surface area contributed by atoms with Crippen LogP contribution in [0.2, 0.25) is 0 Å². The van der Waals surface area contributed by atoms with Gasteiger partial charge in [0.2, 0.25) is 5.91 Å². The summed E-state index contributed by atoms with van der Waals surface area (Å²) in [6.45, 7) is 2.02. The molecular formula is C19H24N8O. The second-order valence-electron chi connectivity index (χ2n) is 7.27. The fraction of sp³-hybridized carbons (Fsp3) is 0.421. The van der Waals surface area contributed by atoms with Crippen molar-refractivity contribution in [1.82, 2.24) is 40.2 Å². The monoisotopic (exact) mass is 380 g/mol. The number of aromatic nitrogens is 6. The molecule has 4 rings (SSSR count). The Morgan fingerprint density at radius 1 is 1.25 bits per heavy atom. The lowest BCUT2D eigenvalue weighted by molar-refractivity contribution is -0.127. The van der Waals surface area contributed by atoms with E-state index < -0.39 is 0 Å². The second-order valence-corrected chi connectivity index (χ2v) is 7.27. The van der Waals surface area contributed by atoms with E-state index in [0.29, 0.717) is 5.82 Å². The predicted molar refractivity (Wildman–Crippen MR) is 103 cm³/mol. The maximum atomic E-state index is 13.0. The Balaban J connectivity index is 1.47. The first-order valence-corrected chi connectivity index (χ1v) is 9.39. The molecule has 2 atom stereocenters. The van der Waals surface area contributed by atoms with Crippen LogP contribution in [-0.2, 0) is 18.4 Å². The smallest absolute Gasteiger partial charge is 0.224 e. The number of hydrogen-bond acceptors (Lipinski definition) is 6. The van der Waals surface area contributed by atoms with Crippen LogP contribution in [0.3, 0.4) is 0 Å². The van der Waals surface area contributed by atoms with Gasteiger partial charge in [-0.3, -0.25) is 9.48 Å². The van der Waals surface area contributed by atoms with E-state index in [2.05, 4.69) is 37.9 Å². The number of rotatable bonds is 5. The number of para-hydroxylation sites is 1. The van der Waals surface area contributed by atoms with Crippen molar-refractivity contribution in [3.8, 4) is 5.69 Å². The third-order valence-corrected chi connectivity index (χ3v) is 5.26. The highest BCUT2D eigenvalue weighted by Gasteiger charge is 2.34. The van der Waals surface area contributed by atoms with Crippen molar-refractivity contribution < 1.29 is 4.79 Å². The molecule has 9 heteroatoms. The zero-order valence-electron chi connectivity index (χ0n) is 16.1. The standard InChI is InChI=1S/C19H24N8O/c1-25-9-8-16(17(13-25)14-10-21-26(2)12-14)19(28)20-11-18-22-23-24-27(18)15-6-4-3-5-7-15/h3-7,10,12,16-17H,8-9,11,13H2,1-2H3,(H,20,28). The lowest BCUT2D eigenvalue weighted by Gasteiger charge is -2.35. The predicted octanol–water partition coefficient (Wildman–Crippen LogP) is 0.748. The third-order valence-electron chi connectivity index (χ3n) is 5.26. The first kappa shape index (κ1) is 18.3. The summed E-state index contributed by atoms with van der Waals surface area (Å²) in [5.41, 5.74) is 1.97. The topological polar surface area (TPSA) is 93.8 Å². The van der Waals surface area contributed by atoms with Gasteiger partial charge in [-0.05, 0) is 48.1 Å². The molecule has 1 amide bonds. The first-order valence-electron chi connectivity index (χ1n) is 9.39. The van der Waals surface area contributed by atoms with Gasteiger partial charge in [-0.25, -0.2) is 0 Å². The van der Waals surface area contributed by atoms with Gasteiger partial charge in [0, 0.05) is 31.6 Å². The van der Waals surface area contributed by atoms with Gasteiger partial charge in [-0.15, -0.1) is 5.10 Å². The summed E-state index contributed by atoms with van der Waals surface area (Å²) in [7, 11) is 3.99.